The number of hydrogen-bond acceptors (Lipinski definition) is 5. The molecule has 5 nitrogen and oxygen atoms in total. The van der Waals surface area contributed by atoms with Crippen molar-refractivity contribution >= 4 is 79.7 Å². The number of benzene rings is 3. The Labute approximate surface area is 222 Å². The highest BCUT2D eigenvalue weighted by Crippen LogP contribution is 2.38. The van der Waals surface area contributed by atoms with Crippen LogP contribution in [0.4, 0.5) is 0 Å². The Morgan fingerprint density at radius 2 is 1.91 bits per heavy atom. The van der Waals surface area contributed by atoms with E-state index in [1.54, 1.807) is 37.5 Å². The second kappa shape index (κ2) is 10.5. The highest BCUT2D eigenvalue weighted by atomic mass is 127. The second-order valence-electron chi connectivity index (χ2n) is 6.88. The van der Waals surface area contributed by atoms with Crippen molar-refractivity contribution in [3.8, 4) is 11.5 Å². The minimum Gasteiger partial charge on any atom is -0.493 e. The number of hydrogen-bond donors (Lipinski definition) is 0. The van der Waals surface area contributed by atoms with Crippen molar-refractivity contribution in [3.05, 3.63) is 95.1 Å². The van der Waals surface area contributed by atoms with Gasteiger partial charge in [0.05, 0.1) is 21.6 Å². The van der Waals surface area contributed by atoms with E-state index >= 15 is 0 Å². The van der Waals surface area contributed by atoms with Gasteiger partial charge in [0, 0.05) is 14.7 Å². The van der Waals surface area contributed by atoms with Gasteiger partial charge in [0.25, 0.3) is 0 Å². The van der Waals surface area contributed by atoms with Gasteiger partial charge >= 0.3 is 5.97 Å². The molecule has 0 aliphatic carbocycles. The Kier molecular flexibility index (Phi) is 7.63. The number of nitrogens with zero attached hydrogens (tertiary/aromatic N) is 1. The van der Waals surface area contributed by atoms with E-state index in [2.05, 4.69) is 43.5 Å². The normalized spacial score (nSPS) is 14.3. The number of esters is 1. The Balaban J connectivity index is 1.60. The molecule has 0 spiro atoms. The Morgan fingerprint density at radius 1 is 1.12 bits per heavy atom. The molecular weight excluding hydrogens is 644 g/mol. The standard InChI is InChI=1S/C24H15BrCl2INO4/c1-31-21-10-13(8-16(25)22(21)32-12-15-4-2-3-5-19(15)28)9-20-24(30)33-23(29-20)14-6-7-17(26)18(27)11-14/h2-11H,12H2,1H3/b20-9-. The van der Waals surface area contributed by atoms with E-state index in [0.717, 1.165) is 9.13 Å². The lowest BCUT2D eigenvalue weighted by atomic mass is 10.1. The van der Waals surface area contributed by atoms with Gasteiger partial charge in [-0.1, -0.05) is 41.4 Å². The van der Waals surface area contributed by atoms with Gasteiger partial charge < -0.3 is 14.2 Å². The molecule has 9 heteroatoms. The summed E-state index contributed by atoms with van der Waals surface area (Å²) in [6.45, 7) is 0.387. The van der Waals surface area contributed by atoms with E-state index in [-0.39, 0.29) is 11.6 Å². The van der Waals surface area contributed by atoms with Crippen LogP contribution in [0.2, 0.25) is 10.0 Å². The number of cyclic esters (lactones) is 1. The van der Waals surface area contributed by atoms with Crippen molar-refractivity contribution in [1.82, 2.24) is 0 Å². The molecule has 0 fully saturated rings. The first-order chi connectivity index (χ1) is 15.9. The molecule has 0 saturated heterocycles. The zero-order chi connectivity index (χ0) is 23.5. The summed E-state index contributed by atoms with van der Waals surface area (Å²) in [6.07, 6.45) is 1.62. The number of halogens is 4. The summed E-state index contributed by atoms with van der Waals surface area (Å²) in [6, 6.07) is 16.5. The van der Waals surface area contributed by atoms with Crippen molar-refractivity contribution in [1.29, 1.82) is 0 Å². The molecule has 4 rings (SSSR count). The third-order valence-electron chi connectivity index (χ3n) is 4.67. The summed E-state index contributed by atoms with van der Waals surface area (Å²) in [4.78, 5) is 16.7. The first-order valence-corrected chi connectivity index (χ1v) is 12.2. The van der Waals surface area contributed by atoms with Crippen molar-refractivity contribution < 1.29 is 19.0 Å². The van der Waals surface area contributed by atoms with E-state index in [1.165, 1.54) is 0 Å². The van der Waals surface area contributed by atoms with E-state index in [4.69, 9.17) is 37.4 Å². The number of rotatable bonds is 6. The van der Waals surface area contributed by atoms with Crippen LogP contribution in [0.1, 0.15) is 16.7 Å². The molecule has 1 heterocycles. The lowest BCUT2D eigenvalue weighted by Crippen LogP contribution is -2.05. The highest BCUT2D eigenvalue weighted by Gasteiger charge is 2.25. The monoisotopic (exact) mass is 657 g/mol. The number of methoxy groups -OCH3 is 1. The minimum atomic E-state index is -0.565. The van der Waals surface area contributed by atoms with Crippen LogP contribution in [-0.2, 0) is 16.1 Å². The van der Waals surface area contributed by atoms with Gasteiger partial charge in [0.15, 0.2) is 17.2 Å². The predicted octanol–water partition coefficient (Wildman–Crippen LogP) is 7.29. The quantitative estimate of drug-likeness (QED) is 0.159. The average molecular weight is 659 g/mol. The van der Waals surface area contributed by atoms with Crippen LogP contribution in [0.15, 0.2) is 69.8 Å². The zero-order valence-corrected chi connectivity index (χ0v) is 22.3. The van der Waals surface area contributed by atoms with Gasteiger partial charge in [-0.25, -0.2) is 9.79 Å². The fraction of sp³-hybridized carbons (Fsp3) is 0.0833. The maximum atomic E-state index is 12.4. The molecule has 3 aromatic carbocycles. The molecular formula is C24H15BrCl2INO4. The summed E-state index contributed by atoms with van der Waals surface area (Å²) in [7, 11) is 1.56. The molecule has 0 saturated carbocycles. The molecule has 1 aliphatic heterocycles. The number of carbonyl (C=O) groups is 1. The molecule has 33 heavy (non-hydrogen) atoms. The fourth-order valence-electron chi connectivity index (χ4n) is 3.05. The molecule has 0 amide bonds. The highest BCUT2D eigenvalue weighted by molar-refractivity contribution is 14.1. The topological polar surface area (TPSA) is 57.1 Å². The molecule has 0 aromatic heterocycles. The van der Waals surface area contributed by atoms with Crippen molar-refractivity contribution in [3.63, 3.8) is 0 Å². The molecule has 0 N–H and O–H groups in total. The van der Waals surface area contributed by atoms with Crippen LogP contribution in [0.5, 0.6) is 11.5 Å². The molecule has 0 radical (unpaired) electrons. The van der Waals surface area contributed by atoms with E-state index in [1.807, 2.05) is 30.3 Å². The molecule has 3 aromatic rings. The van der Waals surface area contributed by atoms with Crippen molar-refractivity contribution in [2.75, 3.05) is 7.11 Å². The van der Waals surface area contributed by atoms with Crippen LogP contribution in [0.3, 0.4) is 0 Å². The largest absolute Gasteiger partial charge is 0.493 e. The maximum Gasteiger partial charge on any atom is 0.363 e. The Bertz CT molecular complexity index is 1310. The summed E-state index contributed by atoms with van der Waals surface area (Å²) < 4.78 is 18.7. The van der Waals surface area contributed by atoms with Crippen LogP contribution in [-0.4, -0.2) is 19.0 Å². The predicted molar refractivity (Wildman–Crippen MR) is 141 cm³/mol. The maximum absolute atomic E-state index is 12.4. The number of ether oxygens (including phenoxy) is 3. The van der Waals surface area contributed by atoms with E-state index in [9.17, 15) is 4.79 Å². The molecule has 0 atom stereocenters. The number of carbonyl (C=O) groups excluding carboxylic acids is 1. The minimum absolute atomic E-state index is 0.150. The second-order valence-corrected chi connectivity index (χ2v) is 9.71. The molecule has 1 aliphatic rings. The van der Waals surface area contributed by atoms with Crippen LogP contribution in [0, 0.1) is 3.57 Å². The van der Waals surface area contributed by atoms with Gasteiger partial charge in [-0.15, -0.1) is 0 Å². The first-order valence-electron chi connectivity index (χ1n) is 9.57. The zero-order valence-electron chi connectivity index (χ0n) is 17.1. The van der Waals surface area contributed by atoms with Gasteiger partial charge in [0.1, 0.15) is 6.61 Å². The summed E-state index contributed by atoms with van der Waals surface area (Å²) in [5, 5.41) is 0.752. The average Bonchev–Trinajstić information content (AvgIpc) is 3.15. The molecule has 0 unspecified atom stereocenters. The van der Waals surface area contributed by atoms with E-state index < -0.39 is 5.97 Å². The third-order valence-corrected chi connectivity index (χ3v) is 7.05. The van der Waals surface area contributed by atoms with Crippen LogP contribution < -0.4 is 9.47 Å². The van der Waals surface area contributed by atoms with Gasteiger partial charge in [0.2, 0.25) is 5.90 Å². The van der Waals surface area contributed by atoms with Crippen LogP contribution in [0.25, 0.3) is 6.08 Å². The van der Waals surface area contributed by atoms with Crippen LogP contribution >= 0.6 is 61.7 Å². The lowest BCUT2D eigenvalue weighted by molar-refractivity contribution is -0.129. The summed E-state index contributed by atoms with van der Waals surface area (Å²) in [5.74, 6) is 0.675. The summed E-state index contributed by atoms with van der Waals surface area (Å²) >= 11 is 17.8. The van der Waals surface area contributed by atoms with Gasteiger partial charge in [-0.3, -0.25) is 0 Å². The van der Waals surface area contributed by atoms with Gasteiger partial charge in [-0.2, -0.15) is 0 Å². The lowest BCUT2D eigenvalue weighted by Gasteiger charge is -2.14. The van der Waals surface area contributed by atoms with E-state index in [0.29, 0.717) is 43.8 Å². The van der Waals surface area contributed by atoms with Crippen molar-refractivity contribution in [2.24, 2.45) is 4.99 Å². The molecule has 168 valence electrons. The summed E-state index contributed by atoms with van der Waals surface area (Å²) in [5.41, 5.74) is 2.46. The third kappa shape index (κ3) is 5.54. The van der Waals surface area contributed by atoms with Gasteiger partial charge in [-0.05, 0) is 86.6 Å². The SMILES string of the molecule is COc1cc(/C=C2\N=C(c3ccc(Cl)c(Cl)c3)OC2=O)cc(Br)c1OCc1ccccc1I. The Morgan fingerprint density at radius 3 is 2.64 bits per heavy atom. The number of aliphatic imine (C=N–C) groups is 1. The Hall–Kier alpha value is -2.07. The first kappa shape index (κ1) is 24.1. The fourth-order valence-corrected chi connectivity index (χ4v) is 4.46. The van der Waals surface area contributed by atoms with Crippen molar-refractivity contribution in [2.45, 2.75) is 6.61 Å². The molecule has 0 bridgehead atoms. The smallest absolute Gasteiger partial charge is 0.363 e.